The summed E-state index contributed by atoms with van der Waals surface area (Å²) < 4.78 is 40.6. The Kier molecular flexibility index (Phi) is 6.84. The summed E-state index contributed by atoms with van der Waals surface area (Å²) in [6.07, 6.45) is 0. The summed E-state index contributed by atoms with van der Waals surface area (Å²) >= 11 is 0. The zero-order valence-electron chi connectivity index (χ0n) is 18.4. The molecule has 2 aromatic carbocycles. The molecule has 176 valence electrons. The predicted octanol–water partition coefficient (Wildman–Crippen LogP) is 1.30. The van der Waals surface area contributed by atoms with Crippen LogP contribution in [-0.4, -0.2) is 50.8 Å². The highest BCUT2D eigenvalue weighted by Gasteiger charge is 2.49. The molecule has 2 aromatic rings. The van der Waals surface area contributed by atoms with Gasteiger partial charge < -0.3 is 10.6 Å². The maximum absolute atomic E-state index is 13.2. The number of halogens is 1. The van der Waals surface area contributed by atoms with E-state index in [0.29, 0.717) is 11.1 Å². The van der Waals surface area contributed by atoms with Gasteiger partial charge in [-0.3, -0.25) is 14.5 Å². The molecule has 1 atom stereocenters. The molecular weight excluding hydrogens is 451 g/mol. The van der Waals surface area contributed by atoms with E-state index in [4.69, 9.17) is 0 Å². The van der Waals surface area contributed by atoms with E-state index in [9.17, 15) is 27.2 Å². The second-order valence-electron chi connectivity index (χ2n) is 7.97. The lowest BCUT2D eigenvalue weighted by atomic mass is 9.92. The standard InChI is InChI=1S/C22H25FN4O5S/c1-14-4-5-15(2)18(12-14)33(31,32)25-11-10-24-19(28)13-27-20(29)22(3,26-21(27)30)16-6-8-17(23)9-7-16/h4-9,12,25H,10-11,13H2,1-3H3,(H,24,28)(H,26,30). The molecular formula is C22H25FN4O5S. The van der Waals surface area contributed by atoms with Crippen LogP contribution >= 0.6 is 0 Å². The number of hydrogen-bond acceptors (Lipinski definition) is 5. The van der Waals surface area contributed by atoms with Crippen LogP contribution < -0.4 is 15.4 Å². The zero-order valence-corrected chi connectivity index (χ0v) is 19.3. The third-order valence-electron chi connectivity index (χ3n) is 5.37. The Morgan fingerprint density at radius 1 is 1.09 bits per heavy atom. The molecule has 1 aliphatic rings. The largest absolute Gasteiger partial charge is 0.353 e. The number of carbonyl (C=O) groups is 3. The smallest absolute Gasteiger partial charge is 0.325 e. The molecule has 0 aliphatic carbocycles. The highest BCUT2D eigenvalue weighted by atomic mass is 32.2. The van der Waals surface area contributed by atoms with Crippen LogP contribution in [-0.2, 0) is 25.2 Å². The van der Waals surface area contributed by atoms with Crippen molar-refractivity contribution >= 4 is 27.9 Å². The van der Waals surface area contributed by atoms with Crippen LogP contribution in [0, 0.1) is 19.7 Å². The summed E-state index contributed by atoms with van der Waals surface area (Å²) in [6.45, 7) is 4.30. The normalized spacial score (nSPS) is 18.4. The Morgan fingerprint density at radius 3 is 2.42 bits per heavy atom. The van der Waals surface area contributed by atoms with E-state index in [2.05, 4.69) is 15.4 Å². The van der Waals surface area contributed by atoms with Crippen molar-refractivity contribution in [3.05, 3.63) is 65.0 Å². The fourth-order valence-corrected chi connectivity index (χ4v) is 4.84. The van der Waals surface area contributed by atoms with Gasteiger partial charge in [-0.2, -0.15) is 0 Å². The third kappa shape index (κ3) is 5.20. The minimum Gasteiger partial charge on any atom is -0.353 e. The molecule has 4 amide bonds. The fourth-order valence-electron chi connectivity index (χ4n) is 3.48. The summed E-state index contributed by atoms with van der Waals surface area (Å²) in [6, 6.07) is 9.46. The van der Waals surface area contributed by atoms with Gasteiger partial charge in [0.15, 0.2) is 0 Å². The van der Waals surface area contributed by atoms with Crippen molar-refractivity contribution < 1.29 is 27.2 Å². The number of imide groups is 1. The highest BCUT2D eigenvalue weighted by Crippen LogP contribution is 2.28. The number of amides is 4. The molecule has 0 saturated carbocycles. The lowest BCUT2D eigenvalue weighted by molar-refractivity contribution is -0.134. The summed E-state index contributed by atoms with van der Waals surface area (Å²) in [5, 5.41) is 5.02. The van der Waals surface area contributed by atoms with Crippen molar-refractivity contribution in [3.8, 4) is 0 Å². The lowest BCUT2D eigenvalue weighted by Crippen LogP contribution is -2.44. The van der Waals surface area contributed by atoms with Crippen LogP contribution in [0.15, 0.2) is 47.4 Å². The molecule has 0 aromatic heterocycles. The maximum atomic E-state index is 13.2. The van der Waals surface area contributed by atoms with Gasteiger partial charge in [-0.05, 0) is 55.7 Å². The van der Waals surface area contributed by atoms with E-state index in [1.807, 2.05) is 6.07 Å². The van der Waals surface area contributed by atoms with Crippen molar-refractivity contribution in [1.29, 1.82) is 0 Å². The number of nitrogens with zero attached hydrogens (tertiary/aromatic N) is 1. The first-order chi connectivity index (χ1) is 15.4. The zero-order chi connectivity index (χ0) is 24.4. The Bertz CT molecular complexity index is 1200. The molecule has 0 radical (unpaired) electrons. The Labute approximate surface area is 191 Å². The predicted molar refractivity (Wildman–Crippen MR) is 118 cm³/mol. The molecule has 9 nitrogen and oxygen atoms in total. The second kappa shape index (κ2) is 9.28. The van der Waals surface area contributed by atoms with Crippen molar-refractivity contribution in [3.63, 3.8) is 0 Å². The van der Waals surface area contributed by atoms with Gasteiger partial charge in [0.05, 0.1) is 4.90 Å². The molecule has 1 unspecified atom stereocenters. The SMILES string of the molecule is Cc1ccc(C)c(S(=O)(=O)NCCNC(=O)CN2C(=O)NC(C)(c3ccc(F)cc3)C2=O)c1. The molecule has 1 heterocycles. The maximum Gasteiger partial charge on any atom is 0.325 e. The van der Waals surface area contributed by atoms with Crippen LogP contribution in [0.1, 0.15) is 23.6 Å². The molecule has 1 saturated heterocycles. The minimum atomic E-state index is -3.76. The quantitative estimate of drug-likeness (QED) is 0.391. The van der Waals surface area contributed by atoms with E-state index < -0.39 is 45.8 Å². The lowest BCUT2D eigenvalue weighted by Gasteiger charge is -2.22. The number of nitrogens with one attached hydrogen (secondary N) is 3. The molecule has 3 N–H and O–H groups in total. The van der Waals surface area contributed by atoms with Gasteiger partial charge in [0.25, 0.3) is 5.91 Å². The fraction of sp³-hybridized carbons (Fsp3) is 0.318. The van der Waals surface area contributed by atoms with Crippen LogP contribution in [0.2, 0.25) is 0 Å². The average molecular weight is 477 g/mol. The number of carbonyl (C=O) groups excluding carboxylic acids is 3. The van der Waals surface area contributed by atoms with E-state index in [1.54, 1.807) is 26.0 Å². The van der Waals surface area contributed by atoms with Gasteiger partial charge in [-0.25, -0.2) is 22.3 Å². The van der Waals surface area contributed by atoms with E-state index in [0.717, 1.165) is 10.5 Å². The van der Waals surface area contributed by atoms with Crippen molar-refractivity contribution in [1.82, 2.24) is 20.3 Å². The summed E-state index contributed by atoms with van der Waals surface area (Å²) in [7, 11) is -3.76. The van der Waals surface area contributed by atoms with Gasteiger partial charge >= 0.3 is 6.03 Å². The Morgan fingerprint density at radius 2 is 1.76 bits per heavy atom. The van der Waals surface area contributed by atoms with Crippen LogP contribution in [0.25, 0.3) is 0 Å². The van der Waals surface area contributed by atoms with E-state index in [1.165, 1.54) is 31.2 Å². The van der Waals surface area contributed by atoms with Crippen molar-refractivity contribution in [2.24, 2.45) is 0 Å². The summed E-state index contributed by atoms with van der Waals surface area (Å²) in [5.41, 5.74) is 0.355. The van der Waals surface area contributed by atoms with Crippen LogP contribution in [0.3, 0.4) is 0 Å². The molecule has 33 heavy (non-hydrogen) atoms. The molecule has 0 bridgehead atoms. The topological polar surface area (TPSA) is 125 Å². The average Bonchev–Trinajstić information content (AvgIpc) is 2.97. The summed E-state index contributed by atoms with van der Waals surface area (Å²) in [5.74, 6) is -1.76. The number of rotatable bonds is 8. The monoisotopic (exact) mass is 476 g/mol. The molecule has 0 spiro atoms. The van der Waals surface area contributed by atoms with Gasteiger partial charge in [-0.15, -0.1) is 0 Å². The van der Waals surface area contributed by atoms with Gasteiger partial charge in [0.1, 0.15) is 17.9 Å². The van der Waals surface area contributed by atoms with E-state index >= 15 is 0 Å². The van der Waals surface area contributed by atoms with Gasteiger partial charge in [-0.1, -0.05) is 24.3 Å². The molecule has 3 rings (SSSR count). The number of aryl methyl sites for hydroxylation is 2. The number of sulfonamides is 1. The Balaban J connectivity index is 1.54. The number of hydrogen-bond donors (Lipinski definition) is 3. The first kappa shape index (κ1) is 24.3. The summed E-state index contributed by atoms with van der Waals surface area (Å²) in [4.78, 5) is 38.3. The molecule has 11 heteroatoms. The Hall–Kier alpha value is -3.31. The van der Waals surface area contributed by atoms with Crippen molar-refractivity contribution in [2.45, 2.75) is 31.2 Å². The first-order valence-electron chi connectivity index (χ1n) is 10.2. The number of benzene rings is 2. The van der Waals surface area contributed by atoms with Crippen LogP contribution in [0.4, 0.5) is 9.18 Å². The van der Waals surface area contributed by atoms with Gasteiger partial charge in [0.2, 0.25) is 15.9 Å². The molecule has 1 fully saturated rings. The number of urea groups is 1. The second-order valence-corrected chi connectivity index (χ2v) is 9.71. The minimum absolute atomic E-state index is 0.0399. The first-order valence-corrected chi connectivity index (χ1v) is 11.7. The van der Waals surface area contributed by atoms with E-state index in [-0.39, 0.29) is 18.0 Å². The van der Waals surface area contributed by atoms with Crippen LogP contribution in [0.5, 0.6) is 0 Å². The third-order valence-corrected chi connectivity index (χ3v) is 6.97. The van der Waals surface area contributed by atoms with Gasteiger partial charge in [0, 0.05) is 13.1 Å². The van der Waals surface area contributed by atoms with Crippen molar-refractivity contribution in [2.75, 3.05) is 19.6 Å². The highest BCUT2D eigenvalue weighted by molar-refractivity contribution is 7.89. The molecule has 1 aliphatic heterocycles.